The van der Waals surface area contributed by atoms with Crippen LogP contribution in [0.4, 0.5) is 0 Å². The van der Waals surface area contributed by atoms with Crippen LogP contribution in [-0.4, -0.2) is 55.1 Å². The van der Waals surface area contributed by atoms with Crippen molar-refractivity contribution < 1.29 is 14.3 Å². The summed E-state index contributed by atoms with van der Waals surface area (Å²) in [4.78, 5) is 17.2. The molecular formula is C23H30N2O3. The molecule has 1 saturated heterocycles. The second-order valence-electron chi connectivity index (χ2n) is 7.59. The maximum absolute atomic E-state index is 12.9. The molecule has 0 bridgehead atoms. The molecule has 0 N–H and O–H groups in total. The molecule has 0 spiro atoms. The number of carbonyl (C=O) groups is 1. The van der Waals surface area contributed by atoms with Gasteiger partial charge in [-0.25, -0.2) is 0 Å². The lowest BCUT2D eigenvalue weighted by atomic mass is 10.1. The zero-order valence-electron chi connectivity index (χ0n) is 17.3. The van der Waals surface area contributed by atoms with Gasteiger partial charge < -0.3 is 14.4 Å². The first-order valence-corrected chi connectivity index (χ1v) is 9.88. The van der Waals surface area contributed by atoms with Gasteiger partial charge in [-0.1, -0.05) is 29.8 Å². The molecule has 1 heterocycles. The lowest BCUT2D eigenvalue weighted by Crippen LogP contribution is -2.48. The number of nitrogens with zero attached hydrogens (tertiary/aromatic N) is 2. The standard InChI is InChI=1S/C23H30N2O3/c1-17(2)28-21-9-8-20(15-22(21)27-4)23(26)25-12-10-24(11-13-25)16-19-7-5-6-18(3)14-19/h5-9,14-15,17H,10-13,16H2,1-4H3. The Hall–Kier alpha value is -2.53. The van der Waals surface area contributed by atoms with Crippen molar-refractivity contribution in [2.75, 3.05) is 33.3 Å². The van der Waals surface area contributed by atoms with E-state index in [-0.39, 0.29) is 12.0 Å². The summed E-state index contributed by atoms with van der Waals surface area (Å²) < 4.78 is 11.2. The molecule has 2 aromatic carbocycles. The first-order valence-electron chi connectivity index (χ1n) is 9.88. The topological polar surface area (TPSA) is 42.0 Å². The van der Waals surface area contributed by atoms with E-state index >= 15 is 0 Å². The zero-order valence-corrected chi connectivity index (χ0v) is 17.3. The Morgan fingerprint density at radius 3 is 2.43 bits per heavy atom. The minimum atomic E-state index is 0.0459. The summed E-state index contributed by atoms with van der Waals surface area (Å²) in [5.74, 6) is 1.30. The van der Waals surface area contributed by atoms with Crippen LogP contribution in [0.2, 0.25) is 0 Å². The van der Waals surface area contributed by atoms with Crippen molar-refractivity contribution in [2.45, 2.75) is 33.4 Å². The molecule has 1 aliphatic rings. The highest BCUT2D eigenvalue weighted by Gasteiger charge is 2.23. The Bertz CT molecular complexity index is 811. The van der Waals surface area contributed by atoms with E-state index in [4.69, 9.17) is 9.47 Å². The van der Waals surface area contributed by atoms with Crippen molar-refractivity contribution in [3.05, 3.63) is 59.2 Å². The third kappa shape index (κ3) is 5.04. The van der Waals surface area contributed by atoms with Crippen LogP contribution in [0.1, 0.15) is 35.3 Å². The minimum absolute atomic E-state index is 0.0459. The number of aryl methyl sites for hydroxylation is 1. The molecule has 0 aliphatic carbocycles. The Morgan fingerprint density at radius 2 is 1.79 bits per heavy atom. The molecule has 1 amide bonds. The van der Waals surface area contributed by atoms with Crippen LogP contribution < -0.4 is 9.47 Å². The lowest BCUT2D eigenvalue weighted by molar-refractivity contribution is 0.0628. The number of ether oxygens (including phenoxy) is 2. The van der Waals surface area contributed by atoms with Gasteiger partial charge in [0.05, 0.1) is 13.2 Å². The van der Waals surface area contributed by atoms with Gasteiger partial charge in [-0.3, -0.25) is 9.69 Å². The highest BCUT2D eigenvalue weighted by molar-refractivity contribution is 5.95. The Labute approximate surface area is 167 Å². The molecule has 28 heavy (non-hydrogen) atoms. The van der Waals surface area contributed by atoms with Crippen molar-refractivity contribution in [3.8, 4) is 11.5 Å². The Kier molecular flexibility index (Phi) is 6.57. The van der Waals surface area contributed by atoms with Crippen molar-refractivity contribution in [1.29, 1.82) is 0 Å². The number of amides is 1. The second kappa shape index (κ2) is 9.11. The third-order valence-electron chi connectivity index (χ3n) is 4.92. The fourth-order valence-corrected chi connectivity index (χ4v) is 3.51. The minimum Gasteiger partial charge on any atom is -0.493 e. The van der Waals surface area contributed by atoms with Gasteiger partial charge >= 0.3 is 0 Å². The van der Waals surface area contributed by atoms with Gasteiger partial charge in [0.1, 0.15) is 0 Å². The third-order valence-corrected chi connectivity index (χ3v) is 4.92. The number of carbonyl (C=O) groups excluding carboxylic acids is 1. The predicted octanol–water partition coefficient (Wildman–Crippen LogP) is 3.75. The Morgan fingerprint density at radius 1 is 1.04 bits per heavy atom. The SMILES string of the molecule is COc1cc(C(=O)N2CCN(Cc3cccc(C)c3)CC2)ccc1OC(C)C. The highest BCUT2D eigenvalue weighted by Crippen LogP contribution is 2.29. The van der Waals surface area contributed by atoms with Crippen LogP contribution in [-0.2, 0) is 6.54 Å². The summed E-state index contributed by atoms with van der Waals surface area (Å²) in [5, 5.41) is 0. The van der Waals surface area contributed by atoms with Crippen LogP contribution in [0.25, 0.3) is 0 Å². The quantitative estimate of drug-likeness (QED) is 0.763. The monoisotopic (exact) mass is 382 g/mol. The highest BCUT2D eigenvalue weighted by atomic mass is 16.5. The first kappa shape index (κ1) is 20.2. The zero-order chi connectivity index (χ0) is 20.1. The number of hydrogen-bond donors (Lipinski definition) is 0. The summed E-state index contributed by atoms with van der Waals surface area (Å²) in [6.45, 7) is 10.2. The molecule has 3 rings (SSSR count). The fraction of sp³-hybridized carbons (Fsp3) is 0.435. The van der Waals surface area contributed by atoms with E-state index in [0.717, 1.165) is 32.7 Å². The summed E-state index contributed by atoms with van der Waals surface area (Å²) in [6.07, 6.45) is 0.0527. The van der Waals surface area contributed by atoms with E-state index in [9.17, 15) is 4.79 Å². The number of methoxy groups -OCH3 is 1. The average Bonchev–Trinajstić information content (AvgIpc) is 2.68. The van der Waals surface area contributed by atoms with Crippen LogP contribution in [0.15, 0.2) is 42.5 Å². The van der Waals surface area contributed by atoms with E-state index in [1.54, 1.807) is 13.2 Å². The van der Waals surface area contributed by atoms with Crippen LogP contribution in [0.5, 0.6) is 11.5 Å². The second-order valence-corrected chi connectivity index (χ2v) is 7.59. The number of benzene rings is 2. The van der Waals surface area contributed by atoms with Gasteiger partial charge in [0.15, 0.2) is 11.5 Å². The summed E-state index contributed by atoms with van der Waals surface area (Å²) in [6, 6.07) is 14.0. The molecule has 5 heteroatoms. The molecule has 1 aliphatic heterocycles. The van der Waals surface area contributed by atoms with Gasteiger partial charge in [-0.15, -0.1) is 0 Å². The summed E-state index contributed by atoms with van der Waals surface area (Å²) in [7, 11) is 1.60. The molecule has 0 unspecified atom stereocenters. The van der Waals surface area contributed by atoms with Crippen molar-refractivity contribution in [3.63, 3.8) is 0 Å². The fourth-order valence-electron chi connectivity index (χ4n) is 3.51. The van der Waals surface area contributed by atoms with E-state index < -0.39 is 0 Å². The van der Waals surface area contributed by atoms with Gasteiger partial charge in [0, 0.05) is 38.3 Å². The number of hydrogen-bond acceptors (Lipinski definition) is 4. The predicted molar refractivity (Wildman–Crippen MR) is 111 cm³/mol. The number of rotatable bonds is 6. The summed E-state index contributed by atoms with van der Waals surface area (Å²) >= 11 is 0. The molecular weight excluding hydrogens is 352 g/mol. The lowest BCUT2D eigenvalue weighted by Gasteiger charge is -2.35. The maximum Gasteiger partial charge on any atom is 0.254 e. The summed E-state index contributed by atoms with van der Waals surface area (Å²) in [5.41, 5.74) is 3.25. The molecule has 1 fully saturated rings. The molecule has 0 atom stereocenters. The molecule has 0 saturated carbocycles. The Balaban J connectivity index is 1.60. The molecule has 0 aromatic heterocycles. The van der Waals surface area contributed by atoms with Gasteiger partial charge in [-0.2, -0.15) is 0 Å². The molecule has 150 valence electrons. The van der Waals surface area contributed by atoms with Crippen molar-refractivity contribution in [2.24, 2.45) is 0 Å². The molecule has 2 aromatic rings. The largest absolute Gasteiger partial charge is 0.493 e. The average molecular weight is 383 g/mol. The van der Waals surface area contributed by atoms with E-state index in [0.29, 0.717) is 17.1 Å². The first-order chi connectivity index (χ1) is 13.5. The molecule has 5 nitrogen and oxygen atoms in total. The number of piperazine rings is 1. The normalized spacial score (nSPS) is 15.0. The maximum atomic E-state index is 12.9. The van der Waals surface area contributed by atoms with Crippen LogP contribution in [0.3, 0.4) is 0 Å². The van der Waals surface area contributed by atoms with E-state index in [1.165, 1.54) is 11.1 Å². The van der Waals surface area contributed by atoms with Crippen molar-refractivity contribution >= 4 is 5.91 Å². The van der Waals surface area contributed by atoms with Crippen LogP contribution in [0, 0.1) is 6.92 Å². The van der Waals surface area contributed by atoms with Gasteiger partial charge in [0.2, 0.25) is 0 Å². The smallest absolute Gasteiger partial charge is 0.254 e. The van der Waals surface area contributed by atoms with Crippen molar-refractivity contribution in [1.82, 2.24) is 9.80 Å². The van der Waals surface area contributed by atoms with E-state index in [2.05, 4.69) is 36.1 Å². The molecule has 0 radical (unpaired) electrons. The van der Waals surface area contributed by atoms with E-state index in [1.807, 2.05) is 30.9 Å². The van der Waals surface area contributed by atoms with Crippen LogP contribution >= 0.6 is 0 Å². The van der Waals surface area contributed by atoms with Gasteiger partial charge in [0.25, 0.3) is 5.91 Å². The van der Waals surface area contributed by atoms with Gasteiger partial charge in [-0.05, 0) is 44.5 Å².